The van der Waals surface area contributed by atoms with Crippen LogP contribution in [0.5, 0.6) is 11.5 Å². The Morgan fingerprint density at radius 2 is 1.94 bits per heavy atom. The summed E-state index contributed by atoms with van der Waals surface area (Å²) in [6, 6.07) is 3.60. The Morgan fingerprint density at radius 3 is 2.53 bits per heavy atom. The smallest absolute Gasteiger partial charge is 0.328 e. The van der Waals surface area contributed by atoms with Gasteiger partial charge in [-0.3, -0.25) is 0 Å². The molecule has 0 atom stereocenters. The normalized spacial score (nSPS) is 13.6. The van der Waals surface area contributed by atoms with Crippen LogP contribution < -0.4 is 14.8 Å². The van der Waals surface area contributed by atoms with Gasteiger partial charge in [0.2, 0.25) is 6.79 Å². The van der Waals surface area contributed by atoms with Gasteiger partial charge in [0, 0.05) is 11.8 Å². The molecule has 0 aromatic heterocycles. The summed E-state index contributed by atoms with van der Waals surface area (Å²) in [4.78, 5) is 11.1. The van der Waals surface area contributed by atoms with Gasteiger partial charge in [0.05, 0.1) is 0 Å². The molecule has 0 saturated carbocycles. The highest BCUT2D eigenvalue weighted by atomic mass is 16.7. The van der Waals surface area contributed by atoms with Crippen LogP contribution in [0.2, 0.25) is 0 Å². The molecule has 1 aliphatic rings. The van der Waals surface area contributed by atoms with Gasteiger partial charge in [-0.05, 0) is 32.4 Å². The van der Waals surface area contributed by atoms with Crippen molar-refractivity contribution in [1.82, 2.24) is 0 Å². The van der Waals surface area contributed by atoms with Crippen molar-refractivity contribution in [3.8, 4) is 11.5 Å². The van der Waals surface area contributed by atoms with Gasteiger partial charge in [-0.25, -0.2) is 4.79 Å². The third kappa shape index (κ3) is 2.13. The topological polar surface area (TPSA) is 67.8 Å². The minimum atomic E-state index is -1.03. The molecule has 0 saturated heterocycles. The number of fused-ring (bicyclic) bond motifs is 1. The van der Waals surface area contributed by atoms with E-state index in [1.807, 2.05) is 13.0 Å². The predicted molar refractivity (Wildman–Crippen MR) is 62.6 cm³/mol. The number of anilines is 1. The lowest BCUT2D eigenvalue weighted by atomic mass is 10.0. The fourth-order valence-corrected chi connectivity index (χ4v) is 1.57. The molecule has 0 radical (unpaired) electrons. The van der Waals surface area contributed by atoms with Gasteiger partial charge in [0.25, 0.3) is 0 Å². The number of benzene rings is 1. The highest BCUT2D eigenvalue weighted by molar-refractivity contribution is 5.82. The average molecular weight is 237 g/mol. The number of nitrogens with one attached hydrogen (secondary N) is 1. The Balaban J connectivity index is 2.31. The minimum Gasteiger partial charge on any atom is -0.480 e. The third-order valence-electron chi connectivity index (χ3n) is 2.70. The zero-order chi connectivity index (χ0) is 12.6. The number of ether oxygens (including phenoxy) is 2. The number of rotatable bonds is 3. The van der Waals surface area contributed by atoms with Crippen LogP contribution in [0.1, 0.15) is 19.4 Å². The van der Waals surface area contributed by atoms with Crippen molar-refractivity contribution in [1.29, 1.82) is 0 Å². The number of hydrogen-bond acceptors (Lipinski definition) is 4. The Morgan fingerprint density at radius 1 is 1.35 bits per heavy atom. The molecule has 2 rings (SSSR count). The zero-order valence-electron chi connectivity index (χ0n) is 10.0. The molecule has 5 heteroatoms. The van der Waals surface area contributed by atoms with Gasteiger partial charge in [-0.2, -0.15) is 0 Å². The molecular formula is C12H15NO4. The standard InChI is InChI=1S/C12H15NO4/c1-7-4-9-10(17-6-16-9)5-8(7)13-12(2,3)11(14)15/h4-5,13H,6H2,1-3H3,(H,14,15). The van der Waals surface area contributed by atoms with Crippen molar-refractivity contribution >= 4 is 11.7 Å². The molecule has 17 heavy (non-hydrogen) atoms. The molecular weight excluding hydrogens is 222 g/mol. The van der Waals surface area contributed by atoms with Crippen molar-refractivity contribution < 1.29 is 19.4 Å². The van der Waals surface area contributed by atoms with Gasteiger partial charge >= 0.3 is 5.97 Å². The number of aryl methyl sites for hydroxylation is 1. The second kappa shape index (κ2) is 3.84. The number of hydrogen-bond donors (Lipinski definition) is 2. The van der Waals surface area contributed by atoms with Crippen LogP contribution in [0.25, 0.3) is 0 Å². The van der Waals surface area contributed by atoms with E-state index in [1.165, 1.54) is 0 Å². The number of carboxylic acid groups (broad SMARTS) is 1. The van der Waals surface area contributed by atoms with E-state index in [4.69, 9.17) is 14.6 Å². The summed E-state index contributed by atoms with van der Waals surface area (Å²) >= 11 is 0. The predicted octanol–water partition coefficient (Wildman–Crippen LogP) is 2.00. The van der Waals surface area contributed by atoms with E-state index in [2.05, 4.69) is 5.32 Å². The first-order valence-electron chi connectivity index (χ1n) is 5.32. The molecule has 92 valence electrons. The summed E-state index contributed by atoms with van der Waals surface area (Å²) in [7, 11) is 0. The molecule has 0 unspecified atom stereocenters. The van der Waals surface area contributed by atoms with E-state index in [1.54, 1.807) is 19.9 Å². The molecule has 0 amide bonds. The van der Waals surface area contributed by atoms with Gasteiger partial charge in [0.1, 0.15) is 5.54 Å². The number of carbonyl (C=O) groups is 1. The van der Waals surface area contributed by atoms with E-state index < -0.39 is 11.5 Å². The van der Waals surface area contributed by atoms with Crippen LogP contribution in [0, 0.1) is 6.92 Å². The first-order valence-corrected chi connectivity index (χ1v) is 5.32. The number of carboxylic acids is 1. The fraction of sp³-hybridized carbons (Fsp3) is 0.417. The Bertz CT molecular complexity index is 468. The van der Waals surface area contributed by atoms with Gasteiger partial charge in [-0.15, -0.1) is 0 Å². The summed E-state index contributed by atoms with van der Waals surface area (Å²) in [5.41, 5.74) is 0.628. The summed E-state index contributed by atoms with van der Waals surface area (Å²) in [5, 5.41) is 12.0. The Hall–Kier alpha value is -1.91. The van der Waals surface area contributed by atoms with Crippen molar-refractivity contribution in [2.75, 3.05) is 12.1 Å². The van der Waals surface area contributed by atoms with Crippen LogP contribution in [-0.4, -0.2) is 23.4 Å². The van der Waals surface area contributed by atoms with E-state index >= 15 is 0 Å². The lowest BCUT2D eigenvalue weighted by molar-refractivity contribution is -0.141. The molecule has 1 heterocycles. The summed E-state index contributed by atoms with van der Waals surface area (Å²) in [6.45, 7) is 5.32. The van der Waals surface area contributed by atoms with E-state index in [9.17, 15) is 4.79 Å². The maximum absolute atomic E-state index is 11.1. The zero-order valence-corrected chi connectivity index (χ0v) is 10.0. The van der Waals surface area contributed by atoms with Crippen molar-refractivity contribution in [3.05, 3.63) is 17.7 Å². The summed E-state index contributed by atoms with van der Waals surface area (Å²) < 4.78 is 10.5. The molecule has 0 aliphatic carbocycles. The van der Waals surface area contributed by atoms with Crippen molar-refractivity contribution in [2.45, 2.75) is 26.3 Å². The van der Waals surface area contributed by atoms with Gasteiger partial charge in [-0.1, -0.05) is 0 Å². The van der Waals surface area contributed by atoms with Crippen LogP contribution in [0.4, 0.5) is 5.69 Å². The van der Waals surface area contributed by atoms with Crippen molar-refractivity contribution in [2.24, 2.45) is 0 Å². The molecule has 1 aliphatic heterocycles. The molecule has 0 fully saturated rings. The second-order valence-electron chi connectivity index (χ2n) is 4.58. The molecule has 2 N–H and O–H groups in total. The van der Waals surface area contributed by atoms with E-state index in [0.29, 0.717) is 11.5 Å². The summed E-state index contributed by atoms with van der Waals surface area (Å²) in [5.74, 6) is 0.426. The van der Waals surface area contributed by atoms with Crippen molar-refractivity contribution in [3.63, 3.8) is 0 Å². The van der Waals surface area contributed by atoms with Crippen LogP contribution in [0.15, 0.2) is 12.1 Å². The lowest BCUT2D eigenvalue weighted by Crippen LogP contribution is -2.40. The molecule has 1 aromatic rings. The molecule has 1 aromatic carbocycles. The van der Waals surface area contributed by atoms with E-state index in [0.717, 1.165) is 11.3 Å². The Kier molecular flexibility index (Phi) is 2.61. The molecule has 0 bridgehead atoms. The second-order valence-corrected chi connectivity index (χ2v) is 4.58. The molecule has 0 spiro atoms. The average Bonchev–Trinajstić information content (AvgIpc) is 2.64. The highest BCUT2D eigenvalue weighted by Gasteiger charge is 2.28. The van der Waals surface area contributed by atoms with Crippen LogP contribution >= 0.6 is 0 Å². The largest absolute Gasteiger partial charge is 0.480 e. The Labute approximate surface area is 99.3 Å². The van der Waals surface area contributed by atoms with E-state index in [-0.39, 0.29) is 6.79 Å². The first-order chi connectivity index (χ1) is 7.90. The minimum absolute atomic E-state index is 0.209. The molecule has 5 nitrogen and oxygen atoms in total. The number of aliphatic carboxylic acids is 1. The maximum Gasteiger partial charge on any atom is 0.328 e. The fourth-order valence-electron chi connectivity index (χ4n) is 1.57. The monoisotopic (exact) mass is 237 g/mol. The maximum atomic E-state index is 11.1. The highest BCUT2D eigenvalue weighted by Crippen LogP contribution is 2.37. The lowest BCUT2D eigenvalue weighted by Gasteiger charge is -2.23. The quantitative estimate of drug-likeness (QED) is 0.841. The summed E-state index contributed by atoms with van der Waals surface area (Å²) in [6.07, 6.45) is 0. The van der Waals surface area contributed by atoms with Gasteiger partial charge in [0.15, 0.2) is 11.5 Å². The van der Waals surface area contributed by atoms with Crippen LogP contribution in [-0.2, 0) is 4.79 Å². The van der Waals surface area contributed by atoms with Gasteiger partial charge < -0.3 is 19.9 Å². The third-order valence-corrected chi connectivity index (χ3v) is 2.70. The van der Waals surface area contributed by atoms with Crippen LogP contribution in [0.3, 0.4) is 0 Å². The first kappa shape index (κ1) is 11.6. The SMILES string of the molecule is Cc1cc2c(cc1NC(C)(C)C(=O)O)OCO2.